The third-order valence-electron chi connectivity index (χ3n) is 3.88. The predicted octanol–water partition coefficient (Wildman–Crippen LogP) is 3.62. The molecule has 110 valence electrons. The first-order chi connectivity index (χ1) is 10.1. The second-order valence-corrected chi connectivity index (χ2v) is 6.35. The van der Waals surface area contributed by atoms with Gasteiger partial charge in [0, 0.05) is 15.9 Å². The maximum atomic E-state index is 12.3. The van der Waals surface area contributed by atoms with Gasteiger partial charge in [0.2, 0.25) is 0 Å². The molecule has 21 heavy (non-hydrogen) atoms. The summed E-state index contributed by atoms with van der Waals surface area (Å²) in [6, 6.07) is 7.11. The summed E-state index contributed by atoms with van der Waals surface area (Å²) in [7, 11) is 0. The first-order valence-electron chi connectivity index (χ1n) is 7.18. The third kappa shape index (κ3) is 3.18. The Morgan fingerprint density at radius 3 is 2.71 bits per heavy atom. The van der Waals surface area contributed by atoms with Crippen molar-refractivity contribution < 1.29 is 9.21 Å². The zero-order chi connectivity index (χ0) is 14.8. The summed E-state index contributed by atoms with van der Waals surface area (Å²) in [5.41, 5.74) is -0.0262. The average Bonchev–Trinajstić information content (AvgIpc) is 2.48. The van der Waals surface area contributed by atoms with Gasteiger partial charge in [0.1, 0.15) is 11.1 Å². The van der Waals surface area contributed by atoms with E-state index in [0.29, 0.717) is 5.58 Å². The van der Waals surface area contributed by atoms with Gasteiger partial charge in [-0.05, 0) is 37.1 Å². The van der Waals surface area contributed by atoms with Gasteiger partial charge >= 0.3 is 5.63 Å². The molecular weight excluding hydrogens is 334 g/mol. The van der Waals surface area contributed by atoms with Gasteiger partial charge in [0.05, 0.1) is 0 Å². The first kappa shape index (κ1) is 14.3. The number of hydrogen-bond donors (Lipinski definition) is 1. The zero-order valence-corrected chi connectivity index (χ0v) is 13.1. The number of fused-ring (bicyclic) bond motifs is 1. The van der Waals surface area contributed by atoms with Gasteiger partial charge in [-0.1, -0.05) is 35.2 Å². The second kappa shape index (κ2) is 6.02. The SMILES string of the molecule is O=C(NC1CCCCC1)c1cc2cc(Br)ccc2oc1=O. The van der Waals surface area contributed by atoms with Crippen LogP contribution in [-0.2, 0) is 0 Å². The fourth-order valence-corrected chi connectivity index (χ4v) is 3.14. The first-order valence-corrected chi connectivity index (χ1v) is 7.97. The molecule has 1 aromatic carbocycles. The second-order valence-electron chi connectivity index (χ2n) is 5.44. The Labute approximate surface area is 130 Å². The van der Waals surface area contributed by atoms with Crippen molar-refractivity contribution in [2.75, 3.05) is 0 Å². The molecule has 0 bridgehead atoms. The van der Waals surface area contributed by atoms with E-state index in [9.17, 15) is 9.59 Å². The minimum Gasteiger partial charge on any atom is -0.422 e. The molecule has 0 unspecified atom stereocenters. The number of hydrogen-bond acceptors (Lipinski definition) is 3. The Morgan fingerprint density at radius 2 is 1.95 bits per heavy atom. The quantitative estimate of drug-likeness (QED) is 0.842. The number of carbonyl (C=O) groups is 1. The molecule has 2 aromatic rings. The van der Waals surface area contributed by atoms with Crippen molar-refractivity contribution in [2.24, 2.45) is 0 Å². The van der Waals surface area contributed by atoms with E-state index in [4.69, 9.17) is 4.42 Å². The molecule has 0 atom stereocenters. The summed E-state index contributed by atoms with van der Waals surface area (Å²) in [4.78, 5) is 24.2. The van der Waals surface area contributed by atoms with Gasteiger partial charge < -0.3 is 9.73 Å². The van der Waals surface area contributed by atoms with Gasteiger partial charge in [-0.3, -0.25) is 4.79 Å². The van der Waals surface area contributed by atoms with Crippen molar-refractivity contribution in [3.8, 4) is 0 Å². The van der Waals surface area contributed by atoms with Crippen LogP contribution in [-0.4, -0.2) is 11.9 Å². The zero-order valence-electron chi connectivity index (χ0n) is 11.5. The number of nitrogens with one attached hydrogen (secondary N) is 1. The number of benzene rings is 1. The molecule has 1 fully saturated rings. The Morgan fingerprint density at radius 1 is 1.19 bits per heavy atom. The average molecular weight is 350 g/mol. The highest BCUT2D eigenvalue weighted by molar-refractivity contribution is 9.10. The third-order valence-corrected chi connectivity index (χ3v) is 4.37. The van der Waals surface area contributed by atoms with Crippen molar-refractivity contribution in [1.29, 1.82) is 0 Å². The van der Waals surface area contributed by atoms with Gasteiger partial charge in [0.25, 0.3) is 5.91 Å². The smallest absolute Gasteiger partial charge is 0.349 e. The molecule has 0 aliphatic heterocycles. The van der Waals surface area contributed by atoms with Crippen molar-refractivity contribution in [1.82, 2.24) is 5.32 Å². The summed E-state index contributed by atoms with van der Waals surface area (Å²) in [6.07, 6.45) is 5.44. The van der Waals surface area contributed by atoms with E-state index < -0.39 is 5.63 Å². The van der Waals surface area contributed by atoms with E-state index in [2.05, 4.69) is 21.2 Å². The fourth-order valence-electron chi connectivity index (χ4n) is 2.76. The molecule has 1 N–H and O–H groups in total. The molecule has 1 heterocycles. The molecule has 1 aliphatic carbocycles. The van der Waals surface area contributed by atoms with Crippen molar-refractivity contribution in [3.05, 3.63) is 44.7 Å². The number of amides is 1. The van der Waals surface area contributed by atoms with Crippen LogP contribution in [0.25, 0.3) is 11.0 Å². The topological polar surface area (TPSA) is 59.3 Å². The monoisotopic (exact) mass is 349 g/mol. The summed E-state index contributed by atoms with van der Waals surface area (Å²) in [6.45, 7) is 0. The molecule has 1 saturated carbocycles. The molecular formula is C16H16BrNO3. The van der Waals surface area contributed by atoms with Crippen molar-refractivity contribution >= 4 is 32.8 Å². The molecule has 5 heteroatoms. The van der Waals surface area contributed by atoms with E-state index in [1.54, 1.807) is 18.2 Å². The summed E-state index contributed by atoms with van der Waals surface area (Å²) < 4.78 is 6.10. The van der Waals surface area contributed by atoms with Gasteiger partial charge in [0.15, 0.2) is 0 Å². The molecule has 1 aliphatic rings. The van der Waals surface area contributed by atoms with Crippen LogP contribution in [0.4, 0.5) is 0 Å². The maximum Gasteiger partial charge on any atom is 0.349 e. The highest BCUT2D eigenvalue weighted by Gasteiger charge is 2.19. The predicted molar refractivity (Wildman–Crippen MR) is 84.5 cm³/mol. The van der Waals surface area contributed by atoms with Gasteiger partial charge in [-0.25, -0.2) is 4.79 Å². The Kier molecular flexibility index (Phi) is 4.10. The number of halogens is 1. The van der Waals surface area contributed by atoms with E-state index in [-0.39, 0.29) is 17.5 Å². The van der Waals surface area contributed by atoms with E-state index >= 15 is 0 Å². The van der Waals surface area contributed by atoms with E-state index in [0.717, 1.165) is 35.5 Å². The minimum absolute atomic E-state index is 0.0752. The maximum absolute atomic E-state index is 12.3. The van der Waals surface area contributed by atoms with Crippen LogP contribution in [0.5, 0.6) is 0 Å². The lowest BCUT2D eigenvalue weighted by molar-refractivity contribution is 0.0924. The lowest BCUT2D eigenvalue weighted by atomic mass is 9.95. The molecule has 3 rings (SSSR count). The Hall–Kier alpha value is -1.62. The van der Waals surface area contributed by atoms with Crippen LogP contribution in [0.3, 0.4) is 0 Å². The summed E-state index contributed by atoms with van der Waals surface area (Å²) in [5, 5.41) is 3.68. The number of carbonyl (C=O) groups excluding carboxylic acids is 1. The van der Waals surface area contributed by atoms with Crippen LogP contribution in [0.2, 0.25) is 0 Å². The Bertz CT molecular complexity index is 732. The van der Waals surface area contributed by atoms with Crippen molar-refractivity contribution in [2.45, 2.75) is 38.1 Å². The molecule has 0 spiro atoms. The molecule has 1 aromatic heterocycles. The van der Waals surface area contributed by atoms with E-state index in [1.165, 1.54) is 6.42 Å². The molecule has 4 nitrogen and oxygen atoms in total. The lowest BCUT2D eigenvalue weighted by Crippen LogP contribution is -2.38. The fraction of sp³-hybridized carbons (Fsp3) is 0.375. The van der Waals surface area contributed by atoms with Crippen LogP contribution in [0.1, 0.15) is 42.5 Å². The highest BCUT2D eigenvalue weighted by atomic mass is 79.9. The molecule has 1 amide bonds. The van der Waals surface area contributed by atoms with Crippen LogP contribution in [0.15, 0.2) is 37.9 Å². The van der Waals surface area contributed by atoms with Crippen molar-refractivity contribution in [3.63, 3.8) is 0 Å². The summed E-state index contributed by atoms with van der Waals surface area (Å²) in [5.74, 6) is -0.336. The summed E-state index contributed by atoms with van der Waals surface area (Å²) >= 11 is 3.37. The normalized spacial score (nSPS) is 16.0. The number of rotatable bonds is 2. The molecule has 0 radical (unpaired) electrons. The van der Waals surface area contributed by atoms with Crippen LogP contribution >= 0.6 is 15.9 Å². The van der Waals surface area contributed by atoms with Gasteiger partial charge in [-0.2, -0.15) is 0 Å². The molecule has 0 saturated heterocycles. The lowest BCUT2D eigenvalue weighted by Gasteiger charge is -2.22. The minimum atomic E-state index is -0.585. The largest absolute Gasteiger partial charge is 0.422 e. The highest BCUT2D eigenvalue weighted by Crippen LogP contribution is 2.20. The Balaban J connectivity index is 1.89. The standard InChI is InChI=1S/C16H16BrNO3/c17-11-6-7-14-10(8-11)9-13(16(20)21-14)15(19)18-12-4-2-1-3-5-12/h6-9,12H,1-5H2,(H,18,19). The van der Waals surface area contributed by atoms with Crippen LogP contribution in [0, 0.1) is 0 Å². The van der Waals surface area contributed by atoms with Crippen LogP contribution < -0.4 is 10.9 Å². The van der Waals surface area contributed by atoms with Gasteiger partial charge in [-0.15, -0.1) is 0 Å². The van der Waals surface area contributed by atoms with E-state index in [1.807, 2.05) is 6.07 Å².